The number of fused-ring (bicyclic) bond motifs is 2. The molecule has 96 valence electrons. The SMILES string of the molecule is CC#CCOc1nsnc1C1CN2CCCC1C2. The van der Waals surface area contributed by atoms with Crippen molar-refractivity contribution < 1.29 is 4.74 Å². The first kappa shape index (κ1) is 11.9. The lowest BCUT2D eigenvalue weighted by Crippen LogP contribution is -2.25. The Morgan fingerprint density at radius 1 is 1.44 bits per heavy atom. The van der Waals surface area contributed by atoms with Gasteiger partial charge in [0.2, 0.25) is 5.88 Å². The second-order valence-electron chi connectivity index (χ2n) is 4.94. The topological polar surface area (TPSA) is 38.3 Å². The van der Waals surface area contributed by atoms with E-state index in [4.69, 9.17) is 4.74 Å². The van der Waals surface area contributed by atoms with E-state index in [2.05, 4.69) is 25.5 Å². The fourth-order valence-electron chi connectivity index (χ4n) is 3.01. The molecule has 1 aromatic rings. The van der Waals surface area contributed by atoms with E-state index in [1.165, 1.54) is 37.7 Å². The van der Waals surface area contributed by atoms with Gasteiger partial charge >= 0.3 is 0 Å². The van der Waals surface area contributed by atoms with Gasteiger partial charge in [-0.05, 0) is 32.2 Å². The molecular weight excluding hydrogens is 246 g/mol. The Morgan fingerprint density at radius 2 is 2.39 bits per heavy atom. The zero-order valence-corrected chi connectivity index (χ0v) is 11.4. The summed E-state index contributed by atoms with van der Waals surface area (Å²) in [6.45, 7) is 5.80. The van der Waals surface area contributed by atoms with Crippen LogP contribution in [0.2, 0.25) is 0 Å². The average Bonchev–Trinajstić information content (AvgIpc) is 2.95. The maximum Gasteiger partial charge on any atom is 0.250 e. The Morgan fingerprint density at radius 3 is 3.22 bits per heavy atom. The van der Waals surface area contributed by atoms with Crippen LogP contribution in [-0.4, -0.2) is 39.9 Å². The van der Waals surface area contributed by atoms with Gasteiger partial charge < -0.3 is 9.64 Å². The molecule has 3 unspecified atom stereocenters. The number of hydrogen-bond acceptors (Lipinski definition) is 5. The molecule has 5 heteroatoms. The molecule has 2 bridgehead atoms. The highest BCUT2D eigenvalue weighted by molar-refractivity contribution is 6.99. The number of ether oxygens (including phenoxy) is 1. The van der Waals surface area contributed by atoms with Crippen molar-refractivity contribution >= 4 is 11.7 Å². The van der Waals surface area contributed by atoms with Crippen molar-refractivity contribution in [2.24, 2.45) is 5.92 Å². The first-order valence-electron chi connectivity index (χ1n) is 6.45. The summed E-state index contributed by atoms with van der Waals surface area (Å²) in [4.78, 5) is 2.54. The Hall–Kier alpha value is -1.12. The van der Waals surface area contributed by atoms with E-state index in [9.17, 15) is 0 Å². The summed E-state index contributed by atoms with van der Waals surface area (Å²) < 4.78 is 14.4. The largest absolute Gasteiger partial charge is 0.463 e. The molecule has 2 aliphatic rings. The minimum absolute atomic E-state index is 0.413. The minimum atomic E-state index is 0.413. The Kier molecular flexibility index (Phi) is 3.48. The molecule has 2 fully saturated rings. The van der Waals surface area contributed by atoms with Crippen molar-refractivity contribution in [2.45, 2.75) is 25.7 Å². The molecule has 0 saturated carbocycles. The van der Waals surface area contributed by atoms with E-state index in [1.54, 1.807) is 0 Å². The normalized spacial score (nSPS) is 29.7. The Balaban J connectivity index is 1.75. The number of aromatic nitrogens is 2. The third kappa shape index (κ3) is 2.23. The van der Waals surface area contributed by atoms with E-state index in [0.717, 1.165) is 18.2 Å². The molecule has 0 N–H and O–H groups in total. The van der Waals surface area contributed by atoms with E-state index in [0.29, 0.717) is 18.4 Å². The van der Waals surface area contributed by atoms with Gasteiger partial charge in [0, 0.05) is 19.0 Å². The molecule has 3 heterocycles. The van der Waals surface area contributed by atoms with Crippen LogP contribution < -0.4 is 4.74 Å². The Bertz CT molecular complexity index is 476. The molecule has 0 radical (unpaired) electrons. The van der Waals surface area contributed by atoms with Gasteiger partial charge in [-0.15, -0.1) is 10.3 Å². The van der Waals surface area contributed by atoms with Crippen molar-refractivity contribution in [3.63, 3.8) is 0 Å². The Labute approximate surface area is 112 Å². The quantitative estimate of drug-likeness (QED) is 0.779. The van der Waals surface area contributed by atoms with Crippen molar-refractivity contribution in [3.8, 4) is 17.7 Å². The fourth-order valence-corrected chi connectivity index (χ4v) is 3.58. The number of piperidine rings is 1. The van der Waals surface area contributed by atoms with E-state index in [-0.39, 0.29) is 0 Å². The maximum absolute atomic E-state index is 5.62. The van der Waals surface area contributed by atoms with Crippen LogP contribution in [0.5, 0.6) is 5.88 Å². The van der Waals surface area contributed by atoms with Crippen molar-refractivity contribution in [1.82, 2.24) is 13.6 Å². The third-order valence-electron chi connectivity index (χ3n) is 3.86. The van der Waals surface area contributed by atoms with Gasteiger partial charge in [0.15, 0.2) is 6.61 Å². The van der Waals surface area contributed by atoms with Crippen LogP contribution in [0, 0.1) is 17.8 Å². The smallest absolute Gasteiger partial charge is 0.250 e. The number of hydrogen-bond donors (Lipinski definition) is 0. The lowest BCUT2D eigenvalue weighted by Gasteiger charge is -2.21. The lowest BCUT2D eigenvalue weighted by atomic mass is 9.89. The van der Waals surface area contributed by atoms with Crippen LogP contribution in [0.15, 0.2) is 0 Å². The van der Waals surface area contributed by atoms with Crippen LogP contribution in [0.3, 0.4) is 0 Å². The van der Waals surface area contributed by atoms with Gasteiger partial charge in [0.05, 0.1) is 11.7 Å². The molecule has 0 amide bonds. The second kappa shape index (κ2) is 5.25. The van der Waals surface area contributed by atoms with Crippen LogP contribution in [0.25, 0.3) is 0 Å². The van der Waals surface area contributed by atoms with Crippen molar-refractivity contribution in [3.05, 3.63) is 5.69 Å². The monoisotopic (exact) mass is 263 g/mol. The lowest BCUT2D eigenvalue weighted by molar-refractivity contribution is 0.269. The van der Waals surface area contributed by atoms with Gasteiger partial charge in [-0.2, -0.15) is 4.37 Å². The minimum Gasteiger partial charge on any atom is -0.463 e. The van der Waals surface area contributed by atoms with Crippen molar-refractivity contribution in [2.75, 3.05) is 26.2 Å². The standard InChI is InChI=1S/C13H17N3OS/c1-2-3-7-17-13-12(14-18-15-13)11-9-16-6-4-5-10(11)8-16/h10-11H,4-9H2,1H3. The highest BCUT2D eigenvalue weighted by Gasteiger charge is 2.39. The molecule has 0 spiro atoms. The first-order valence-corrected chi connectivity index (χ1v) is 7.18. The summed E-state index contributed by atoms with van der Waals surface area (Å²) in [6.07, 6.45) is 2.63. The summed E-state index contributed by atoms with van der Waals surface area (Å²) in [7, 11) is 0. The summed E-state index contributed by atoms with van der Waals surface area (Å²) in [6, 6.07) is 0. The summed E-state index contributed by atoms with van der Waals surface area (Å²) in [5.74, 6) is 7.69. The molecule has 0 aliphatic carbocycles. The molecule has 4 nitrogen and oxygen atoms in total. The third-order valence-corrected chi connectivity index (χ3v) is 4.38. The van der Waals surface area contributed by atoms with Crippen LogP contribution in [0.1, 0.15) is 31.4 Å². The number of nitrogens with zero attached hydrogens (tertiary/aromatic N) is 3. The molecule has 3 rings (SSSR count). The van der Waals surface area contributed by atoms with Crippen LogP contribution in [-0.2, 0) is 0 Å². The molecule has 2 aliphatic heterocycles. The first-order chi connectivity index (χ1) is 8.88. The highest BCUT2D eigenvalue weighted by atomic mass is 32.1. The second-order valence-corrected chi connectivity index (χ2v) is 5.47. The predicted molar refractivity (Wildman–Crippen MR) is 70.8 cm³/mol. The molecule has 1 aromatic heterocycles. The van der Waals surface area contributed by atoms with Gasteiger partial charge in [-0.1, -0.05) is 5.92 Å². The predicted octanol–water partition coefficient (Wildman–Crippen LogP) is 1.75. The fraction of sp³-hybridized carbons (Fsp3) is 0.692. The van der Waals surface area contributed by atoms with Crippen molar-refractivity contribution in [1.29, 1.82) is 0 Å². The molecule has 3 atom stereocenters. The van der Waals surface area contributed by atoms with E-state index >= 15 is 0 Å². The summed E-state index contributed by atoms with van der Waals surface area (Å²) in [5.41, 5.74) is 1.06. The van der Waals surface area contributed by atoms with Crippen LogP contribution >= 0.6 is 11.7 Å². The molecule has 2 saturated heterocycles. The maximum atomic E-state index is 5.62. The van der Waals surface area contributed by atoms with E-state index in [1.807, 2.05) is 6.92 Å². The number of rotatable bonds is 3. The van der Waals surface area contributed by atoms with Crippen LogP contribution in [0.4, 0.5) is 0 Å². The zero-order chi connectivity index (χ0) is 12.4. The zero-order valence-electron chi connectivity index (χ0n) is 10.6. The van der Waals surface area contributed by atoms with E-state index < -0.39 is 0 Å². The summed E-state index contributed by atoms with van der Waals surface area (Å²) in [5, 5.41) is 0. The van der Waals surface area contributed by atoms with Gasteiger partial charge in [-0.3, -0.25) is 0 Å². The van der Waals surface area contributed by atoms with Gasteiger partial charge in [-0.25, -0.2) is 0 Å². The molecule has 18 heavy (non-hydrogen) atoms. The highest BCUT2D eigenvalue weighted by Crippen LogP contribution is 2.40. The average molecular weight is 263 g/mol. The molecule has 0 aromatic carbocycles. The van der Waals surface area contributed by atoms with Gasteiger partial charge in [0.25, 0.3) is 0 Å². The molecular formula is C13H17N3OS. The van der Waals surface area contributed by atoms with Gasteiger partial charge in [0.1, 0.15) is 5.69 Å². The summed E-state index contributed by atoms with van der Waals surface area (Å²) >= 11 is 1.25.